The summed E-state index contributed by atoms with van der Waals surface area (Å²) in [7, 11) is 1.61. The normalized spacial score (nSPS) is 12.2. The summed E-state index contributed by atoms with van der Waals surface area (Å²) in [5.74, 6) is -0.598. The molecule has 5 heteroatoms. The third-order valence-electron chi connectivity index (χ3n) is 3.04. The molecule has 3 nitrogen and oxygen atoms in total. The zero-order chi connectivity index (χ0) is 14.5. The van der Waals surface area contributed by atoms with Crippen molar-refractivity contribution in [1.82, 2.24) is 4.90 Å². The van der Waals surface area contributed by atoms with E-state index in [-0.39, 0.29) is 24.7 Å². The number of likely N-dealkylation sites (N-methyl/N-ethyl adjacent to an activating group) is 1. The van der Waals surface area contributed by atoms with Crippen molar-refractivity contribution in [2.75, 3.05) is 13.6 Å². The molecular formula is C15H16FNO2S. The van der Waals surface area contributed by atoms with Crippen molar-refractivity contribution in [2.24, 2.45) is 0 Å². The number of carbonyl (C=O) groups excluding carboxylic acids is 1. The third kappa shape index (κ3) is 3.65. The zero-order valence-corrected chi connectivity index (χ0v) is 11.9. The van der Waals surface area contributed by atoms with Gasteiger partial charge in [-0.25, -0.2) is 4.39 Å². The van der Waals surface area contributed by atoms with Crippen molar-refractivity contribution in [2.45, 2.75) is 12.5 Å². The van der Waals surface area contributed by atoms with Crippen LogP contribution >= 0.6 is 11.3 Å². The lowest BCUT2D eigenvalue weighted by molar-refractivity contribution is -0.130. The standard InChI is InChI=1S/C15H16FNO2S/c1-17(10-13(18)14-7-4-8-20-14)15(19)9-11-5-2-3-6-12(11)16/h2-8,13,18H,9-10H2,1H3. The van der Waals surface area contributed by atoms with Crippen LogP contribution in [0.2, 0.25) is 0 Å². The highest BCUT2D eigenvalue weighted by Crippen LogP contribution is 2.19. The molecule has 1 aromatic carbocycles. The van der Waals surface area contributed by atoms with E-state index in [1.165, 1.54) is 22.3 Å². The lowest BCUT2D eigenvalue weighted by Crippen LogP contribution is -2.32. The predicted molar refractivity (Wildman–Crippen MR) is 77.0 cm³/mol. The molecule has 0 spiro atoms. The first kappa shape index (κ1) is 14.7. The molecule has 0 aliphatic carbocycles. The molecule has 0 aliphatic rings. The highest BCUT2D eigenvalue weighted by atomic mass is 32.1. The Morgan fingerprint density at radius 3 is 2.75 bits per heavy atom. The van der Waals surface area contributed by atoms with E-state index in [1.807, 2.05) is 17.5 Å². The fourth-order valence-electron chi connectivity index (χ4n) is 1.87. The lowest BCUT2D eigenvalue weighted by atomic mass is 10.1. The van der Waals surface area contributed by atoms with E-state index < -0.39 is 6.10 Å². The Bertz CT molecular complexity index is 571. The Morgan fingerprint density at radius 2 is 2.10 bits per heavy atom. The first-order chi connectivity index (χ1) is 9.58. The summed E-state index contributed by atoms with van der Waals surface area (Å²) in [6, 6.07) is 9.90. The molecule has 1 amide bonds. The second-order valence-electron chi connectivity index (χ2n) is 4.57. The van der Waals surface area contributed by atoms with Gasteiger partial charge in [0.15, 0.2) is 0 Å². The minimum atomic E-state index is -0.704. The number of halogens is 1. The average Bonchev–Trinajstić information content (AvgIpc) is 2.95. The Balaban J connectivity index is 1.94. The molecule has 1 unspecified atom stereocenters. The van der Waals surface area contributed by atoms with Crippen LogP contribution in [-0.2, 0) is 11.2 Å². The molecule has 1 N–H and O–H groups in total. The van der Waals surface area contributed by atoms with Gasteiger partial charge in [-0.15, -0.1) is 11.3 Å². The number of amides is 1. The predicted octanol–water partition coefficient (Wildman–Crippen LogP) is 2.62. The van der Waals surface area contributed by atoms with Gasteiger partial charge in [0.1, 0.15) is 11.9 Å². The molecule has 106 valence electrons. The molecule has 0 saturated heterocycles. The van der Waals surface area contributed by atoms with Crippen LogP contribution in [0.25, 0.3) is 0 Å². The van der Waals surface area contributed by atoms with Crippen molar-refractivity contribution in [3.05, 3.63) is 58.0 Å². The van der Waals surface area contributed by atoms with E-state index in [0.29, 0.717) is 5.56 Å². The molecule has 2 aromatic rings. The maximum absolute atomic E-state index is 13.5. The van der Waals surface area contributed by atoms with E-state index in [9.17, 15) is 14.3 Å². The Morgan fingerprint density at radius 1 is 1.35 bits per heavy atom. The summed E-state index contributed by atoms with van der Waals surface area (Å²) >= 11 is 1.44. The number of hydrogen-bond donors (Lipinski definition) is 1. The van der Waals surface area contributed by atoms with Crippen molar-refractivity contribution < 1.29 is 14.3 Å². The van der Waals surface area contributed by atoms with E-state index in [4.69, 9.17) is 0 Å². The van der Waals surface area contributed by atoms with Gasteiger partial charge in [-0.1, -0.05) is 24.3 Å². The van der Waals surface area contributed by atoms with E-state index >= 15 is 0 Å². The molecule has 0 aliphatic heterocycles. The second-order valence-corrected chi connectivity index (χ2v) is 5.55. The largest absolute Gasteiger partial charge is 0.386 e. The summed E-state index contributed by atoms with van der Waals surface area (Å²) in [5, 5.41) is 11.9. The topological polar surface area (TPSA) is 40.5 Å². The minimum absolute atomic E-state index is 0.000331. The second kappa shape index (κ2) is 6.63. The molecule has 0 saturated carbocycles. The fraction of sp³-hybridized carbons (Fsp3) is 0.267. The molecule has 1 heterocycles. The highest BCUT2D eigenvalue weighted by molar-refractivity contribution is 7.10. The summed E-state index contributed by atoms with van der Waals surface area (Å²) in [6.45, 7) is 0.202. The van der Waals surface area contributed by atoms with Crippen molar-refractivity contribution >= 4 is 17.2 Å². The van der Waals surface area contributed by atoms with Crippen LogP contribution in [-0.4, -0.2) is 29.5 Å². The van der Waals surface area contributed by atoms with Gasteiger partial charge in [0.05, 0.1) is 13.0 Å². The van der Waals surface area contributed by atoms with Gasteiger partial charge in [-0.2, -0.15) is 0 Å². The first-order valence-electron chi connectivity index (χ1n) is 6.26. The maximum Gasteiger partial charge on any atom is 0.226 e. The number of carbonyl (C=O) groups is 1. The summed E-state index contributed by atoms with van der Waals surface area (Å²) in [6.07, 6.45) is -0.704. The van der Waals surface area contributed by atoms with Gasteiger partial charge in [0.2, 0.25) is 5.91 Å². The molecule has 2 rings (SSSR count). The van der Waals surface area contributed by atoms with Crippen LogP contribution in [0.15, 0.2) is 41.8 Å². The minimum Gasteiger partial charge on any atom is -0.386 e. The maximum atomic E-state index is 13.5. The summed E-state index contributed by atoms with van der Waals surface area (Å²) in [4.78, 5) is 14.3. The summed E-state index contributed by atoms with van der Waals surface area (Å²) < 4.78 is 13.5. The quantitative estimate of drug-likeness (QED) is 0.920. The van der Waals surface area contributed by atoms with Crippen molar-refractivity contribution in [1.29, 1.82) is 0 Å². The number of rotatable bonds is 5. The number of nitrogens with zero attached hydrogens (tertiary/aromatic N) is 1. The number of aliphatic hydroxyl groups excluding tert-OH is 1. The molecule has 20 heavy (non-hydrogen) atoms. The van der Waals surface area contributed by atoms with Gasteiger partial charge in [0, 0.05) is 11.9 Å². The monoisotopic (exact) mass is 293 g/mol. The van der Waals surface area contributed by atoms with Crippen molar-refractivity contribution in [3.8, 4) is 0 Å². The highest BCUT2D eigenvalue weighted by Gasteiger charge is 2.17. The lowest BCUT2D eigenvalue weighted by Gasteiger charge is -2.20. The molecular weight excluding hydrogens is 277 g/mol. The van der Waals surface area contributed by atoms with Crippen molar-refractivity contribution in [3.63, 3.8) is 0 Å². The molecule has 0 radical (unpaired) electrons. The van der Waals surface area contributed by atoms with Gasteiger partial charge in [-0.3, -0.25) is 4.79 Å². The zero-order valence-electron chi connectivity index (χ0n) is 11.1. The van der Waals surface area contributed by atoms with Gasteiger partial charge in [-0.05, 0) is 23.1 Å². The molecule has 0 bridgehead atoms. The van der Waals surface area contributed by atoms with Crippen LogP contribution in [0.4, 0.5) is 4.39 Å². The Hall–Kier alpha value is -1.72. The van der Waals surface area contributed by atoms with E-state index in [1.54, 1.807) is 25.2 Å². The summed E-state index contributed by atoms with van der Waals surface area (Å²) in [5.41, 5.74) is 0.370. The fourth-order valence-corrected chi connectivity index (χ4v) is 2.57. The van der Waals surface area contributed by atoms with Gasteiger partial charge >= 0.3 is 0 Å². The third-order valence-corrected chi connectivity index (χ3v) is 4.02. The smallest absolute Gasteiger partial charge is 0.226 e. The first-order valence-corrected chi connectivity index (χ1v) is 7.14. The van der Waals surface area contributed by atoms with Crippen LogP contribution in [0, 0.1) is 5.82 Å². The van der Waals surface area contributed by atoms with Crippen LogP contribution in [0.3, 0.4) is 0 Å². The van der Waals surface area contributed by atoms with E-state index in [0.717, 1.165) is 4.88 Å². The van der Waals surface area contributed by atoms with Crippen LogP contribution < -0.4 is 0 Å². The Kier molecular flexibility index (Phi) is 4.87. The van der Waals surface area contributed by atoms with Gasteiger partial charge in [0.25, 0.3) is 0 Å². The molecule has 1 aromatic heterocycles. The molecule has 1 atom stereocenters. The van der Waals surface area contributed by atoms with Crippen LogP contribution in [0.5, 0.6) is 0 Å². The van der Waals surface area contributed by atoms with Gasteiger partial charge < -0.3 is 10.0 Å². The van der Waals surface area contributed by atoms with E-state index in [2.05, 4.69) is 0 Å². The number of hydrogen-bond acceptors (Lipinski definition) is 3. The number of thiophene rings is 1. The van der Waals surface area contributed by atoms with Crippen LogP contribution in [0.1, 0.15) is 16.5 Å². The SMILES string of the molecule is CN(CC(O)c1cccs1)C(=O)Cc1ccccc1F. The number of aliphatic hydroxyl groups is 1. The average molecular weight is 293 g/mol. The Labute approximate surface area is 121 Å². The number of benzene rings is 1. The molecule has 0 fully saturated rings.